The lowest BCUT2D eigenvalue weighted by atomic mass is 10.8. The number of rotatable bonds is 2. The molecule has 0 fully saturated rings. The first-order chi connectivity index (χ1) is 8.84. The highest BCUT2D eigenvalue weighted by Gasteiger charge is 2.19. The van der Waals surface area contributed by atoms with Gasteiger partial charge in [-0.25, -0.2) is 29.0 Å². The van der Waals surface area contributed by atoms with Gasteiger partial charge < -0.3 is 20.1 Å². The molecule has 2 N–H and O–H groups in total. The topological polar surface area (TPSA) is 117 Å². The summed E-state index contributed by atoms with van der Waals surface area (Å²) in [4.78, 5) is 45.8. The molecular formula is C9H16N4O6. The Hall–Kier alpha value is -2.52. The van der Waals surface area contributed by atoms with E-state index >= 15 is 0 Å². The van der Waals surface area contributed by atoms with Crippen LogP contribution in [0.25, 0.3) is 0 Å². The van der Waals surface area contributed by atoms with Gasteiger partial charge in [0.1, 0.15) is 0 Å². The van der Waals surface area contributed by atoms with Crippen molar-refractivity contribution in [1.29, 1.82) is 0 Å². The van der Waals surface area contributed by atoms with E-state index in [1.165, 1.54) is 28.2 Å². The normalized spacial score (nSPS) is 9.05. The first-order valence-corrected chi connectivity index (χ1v) is 5.09. The van der Waals surface area contributed by atoms with E-state index in [0.29, 0.717) is 9.80 Å². The quantitative estimate of drug-likeness (QED) is 0.672. The van der Waals surface area contributed by atoms with Crippen LogP contribution in [0, 0.1) is 0 Å². The average Bonchev–Trinajstić information content (AvgIpc) is 2.43. The van der Waals surface area contributed by atoms with Gasteiger partial charge in [-0.05, 0) is 0 Å². The second kappa shape index (κ2) is 7.74. The van der Waals surface area contributed by atoms with E-state index in [1.807, 2.05) is 0 Å². The van der Waals surface area contributed by atoms with Gasteiger partial charge in [0.25, 0.3) is 0 Å². The molecule has 10 nitrogen and oxygen atoms in total. The molecule has 0 unspecified atom stereocenters. The van der Waals surface area contributed by atoms with Crippen LogP contribution in [0.5, 0.6) is 0 Å². The predicted molar refractivity (Wildman–Crippen MR) is 62.3 cm³/mol. The van der Waals surface area contributed by atoms with Crippen LogP contribution in [0.4, 0.5) is 19.2 Å². The number of hydrogen-bond acceptors (Lipinski definition) is 6. The lowest BCUT2D eigenvalue weighted by Crippen LogP contribution is -2.41. The largest absolute Gasteiger partial charge is 0.420 e. The van der Waals surface area contributed by atoms with Crippen LogP contribution in [0.3, 0.4) is 0 Å². The second-order valence-corrected chi connectivity index (χ2v) is 3.17. The van der Waals surface area contributed by atoms with Gasteiger partial charge in [-0.1, -0.05) is 0 Å². The van der Waals surface area contributed by atoms with Crippen LogP contribution >= 0.6 is 0 Å². The van der Waals surface area contributed by atoms with Crippen LogP contribution < -0.4 is 10.6 Å². The van der Waals surface area contributed by atoms with Crippen molar-refractivity contribution in [2.45, 2.75) is 0 Å². The Morgan fingerprint density at radius 1 is 0.842 bits per heavy atom. The molecule has 0 saturated heterocycles. The lowest BCUT2D eigenvalue weighted by Gasteiger charge is -2.16. The zero-order valence-corrected chi connectivity index (χ0v) is 11.1. The van der Waals surface area contributed by atoms with E-state index < -0.39 is 31.0 Å². The minimum atomic E-state index is -1.00. The number of carbonyl (C=O) groups is 4. The molecule has 0 aromatic carbocycles. The highest BCUT2D eigenvalue weighted by atomic mass is 16.7. The average molecular weight is 276 g/mol. The molecule has 0 rings (SSSR count). The minimum absolute atomic E-state index is 0.649. The smallest absolute Gasteiger partial charge is 0.411 e. The highest BCUT2D eigenvalue weighted by molar-refractivity contribution is 5.91. The molecule has 0 aromatic rings. The Balaban J connectivity index is 4.10. The van der Waals surface area contributed by atoms with Gasteiger partial charge in [-0.3, -0.25) is 0 Å². The molecule has 0 radical (unpaired) electrons. The summed E-state index contributed by atoms with van der Waals surface area (Å²) in [6.45, 7) is -0.722. The summed E-state index contributed by atoms with van der Waals surface area (Å²) >= 11 is 0. The molecule has 6 amide bonds. The van der Waals surface area contributed by atoms with Crippen LogP contribution in [-0.4, -0.2) is 69.0 Å². The SMILES string of the molecule is CNC(=O)N(C)C(=O)OCOC(=O)N(C)C(=O)NC. The molecule has 0 atom stereocenters. The molecule has 0 saturated carbocycles. The Morgan fingerprint density at radius 3 is 1.42 bits per heavy atom. The fourth-order valence-corrected chi connectivity index (χ4v) is 0.825. The Bertz CT molecular complexity index is 338. The number of urea groups is 2. The number of carbonyl (C=O) groups excluding carboxylic acids is 4. The fraction of sp³-hybridized carbons (Fsp3) is 0.556. The third kappa shape index (κ3) is 5.10. The number of amides is 6. The van der Waals surface area contributed by atoms with Crippen LogP contribution in [0.2, 0.25) is 0 Å². The third-order valence-electron chi connectivity index (χ3n) is 1.95. The molecule has 10 heteroatoms. The summed E-state index contributed by atoms with van der Waals surface area (Å²) in [6.07, 6.45) is -2.01. The minimum Gasteiger partial charge on any atom is -0.411 e. The standard InChI is InChI=1S/C9H16N4O6/c1-10-6(14)12(3)8(16)18-5-19-9(17)13(4)7(15)11-2/h5H2,1-4H3,(H,10,14)(H,11,15). The Morgan fingerprint density at radius 2 is 1.16 bits per heavy atom. The number of imide groups is 2. The molecule has 108 valence electrons. The predicted octanol–water partition coefficient (Wildman–Crippen LogP) is -0.240. The molecule has 0 aliphatic rings. The molecule has 0 heterocycles. The number of nitrogens with one attached hydrogen (secondary N) is 2. The fourth-order valence-electron chi connectivity index (χ4n) is 0.825. The van der Waals surface area contributed by atoms with Gasteiger partial charge in [0.15, 0.2) is 0 Å². The van der Waals surface area contributed by atoms with Crippen molar-refractivity contribution < 1.29 is 28.7 Å². The van der Waals surface area contributed by atoms with Crippen LogP contribution in [0.1, 0.15) is 0 Å². The van der Waals surface area contributed by atoms with E-state index in [2.05, 4.69) is 20.1 Å². The van der Waals surface area contributed by atoms with Gasteiger partial charge >= 0.3 is 24.2 Å². The van der Waals surface area contributed by atoms with Gasteiger partial charge in [0.2, 0.25) is 6.79 Å². The van der Waals surface area contributed by atoms with E-state index in [4.69, 9.17) is 0 Å². The summed E-state index contributed by atoms with van der Waals surface area (Å²) in [5, 5.41) is 4.41. The number of ether oxygens (including phenoxy) is 2. The maximum Gasteiger partial charge on any atom is 0.420 e. The van der Waals surface area contributed by atoms with Gasteiger partial charge in [-0.15, -0.1) is 0 Å². The zero-order chi connectivity index (χ0) is 15.0. The van der Waals surface area contributed by atoms with Crippen molar-refractivity contribution in [2.75, 3.05) is 35.0 Å². The van der Waals surface area contributed by atoms with E-state index in [9.17, 15) is 19.2 Å². The number of hydrogen-bond donors (Lipinski definition) is 2. The monoisotopic (exact) mass is 276 g/mol. The van der Waals surface area contributed by atoms with Crippen molar-refractivity contribution in [3.8, 4) is 0 Å². The molecule has 0 aromatic heterocycles. The zero-order valence-electron chi connectivity index (χ0n) is 11.1. The van der Waals surface area contributed by atoms with Crippen LogP contribution in [0.15, 0.2) is 0 Å². The molecule has 0 bridgehead atoms. The maximum absolute atomic E-state index is 11.2. The highest BCUT2D eigenvalue weighted by Crippen LogP contribution is 1.95. The van der Waals surface area contributed by atoms with E-state index in [-0.39, 0.29) is 0 Å². The van der Waals surface area contributed by atoms with Crippen molar-refractivity contribution in [3.63, 3.8) is 0 Å². The summed E-state index contributed by atoms with van der Waals surface area (Å²) < 4.78 is 8.97. The Kier molecular flexibility index (Phi) is 6.71. The summed E-state index contributed by atoms with van der Waals surface area (Å²) in [5.74, 6) is 0. The number of nitrogens with zero attached hydrogens (tertiary/aromatic N) is 2. The van der Waals surface area contributed by atoms with Gasteiger partial charge in [-0.2, -0.15) is 0 Å². The molecule has 19 heavy (non-hydrogen) atoms. The second-order valence-electron chi connectivity index (χ2n) is 3.17. The molecular weight excluding hydrogens is 260 g/mol. The van der Waals surface area contributed by atoms with E-state index in [1.54, 1.807) is 0 Å². The van der Waals surface area contributed by atoms with E-state index in [0.717, 1.165) is 0 Å². The van der Waals surface area contributed by atoms with Crippen molar-refractivity contribution in [3.05, 3.63) is 0 Å². The van der Waals surface area contributed by atoms with Crippen molar-refractivity contribution in [2.24, 2.45) is 0 Å². The summed E-state index contributed by atoms with van der Waals surface area (Å²) in [5.41, 5.74) is 0. The van der Waals surface area contributed by atoms with Crippen molar-refractivity contribution >= 4 is 24.2 Å². The summed E-state index contributed by atoms with van der Waals surface area (Å²) in [7, 11) is 5.04. The van der Waals surface area contributed by atoms with Crippen LogP contribution in [-0.2, 0) is 9.47 Å². The maximum atomic E-state index is 11.2. The van der Waals surface area contributed by atoms with Crippen molar-refractivity contribution in [1.82, 2.24) is 20.4 Å². The Labute approximate surface area is 109 Å². The molecule has 0 spiro atoms. The van der Waals surface area contributed by atoms with Gasteiger partial charge in [0, 0.05) is 28.2 Å². The lowest BCUT2D eigenvalue weighted by molar-refractivity contribution is 0.00663. The molecule has 0 aliphatic carbocycles. The summed E-state index contributed by atoms with van der Waals surface area (Å²) in [6, 6.07) is -1.36. The third-order valence-corrected chi connectivity index (χ3v) is 1.95. The molecule has 0 aliphatic heterocycles. The first-order valence-electron chi connectivity index (χ1n) is 5.09. The first kappa shape index (κ1) is 16.5. The van der Waals surface area contributed by atoms with Gasteiger partial charge in [0.05, 0.1) is 0 Å².